The molecule has 1 saturated heterocycles. The van der Waals surface area contributed by atoms with Crippen LogP contribution in [0.2, 0.25) is 0 Å². The third kappa shape index (κ3) is 3.46. The van der Waals surface area contributed by atoms with Crippen LogP contribution in [0.15, 0.2) is 42.5 Å². The van der Waals surface area contributed by atoms with Gasteiger partial charge in [-0.2, -0.15) is 0 Å². The zero-order chi connectivity index (χ0) is 18.7. The second kappa shape index (κ2) is 7.43. The van der Waals surface area contributed by atoms with Crippen LogP contribution in [0.4, 0.5) is 11.4 Å². The third-order valence-electron chi connectivity index (χ3n) is 4.63. The highest BCUT2D eigenvalue weighted by Crippen LogP contribution is 2.28. The Bertz CT molecular complexity index is 829. The van der Waals surface area contributed by atoms with Gasteiger partial charge in [-0.05, 0) is 31.2 Å². The number of amides is 1. The lowest BCUT2D eigenvalue weighted by atomic mass is 10.1. The Labute approximate surface area is 151 Å². The van der Waals surface area contributed by atoms with Crippen molar-refractivity contribution >= 4 is 17.3 Å². The van der Waals surface area contributed by atoms with E-state index in [1.165, 1.54) is 12.1 Å². The van der Waals surface area contributed by atoms with Gasteiger partial charge in [0.2, 0.25) is 0 Å². The van der Waals surface area contributed by atoms with E-state index in [1.807, 2.05) is 24.3 Å². The summed E-state index contributed by atoms with van der Waals surface area (Å²) < 4.78 is 5.41. The summed E-state index contributed by atoms with van der Waals surface area (Å²) in [6, 6.07) is 12.3. The van der Waals surface area contributed by atoms with E-state index in [1.54, 1.807) is 25.0 Å². The van der Waals surface area contributed by atoms with Gasteiger partial charge in [-0.25, -0.2) is 0 Å². The molecule has 0 N–H and O–H groups in total. The molecule has 0 aliphatic carbocycles. The molecule has 0 atom stereocenters. The fourth-order valence-corrected chi connectivity index (χ4v) is 3.22. The van der Waals surface area contributed by atoms with Gasteiger partial charge < -0.3 is 14.5 Å². The molecule has 0 aromatic heterocycles. The van der Waals surface area contributed by atoms with Crippen molar-refractivity contribution in [2.24, 2.45) is 0 Å². The summed E-state index contributed by atoms with van der Waals surface area (Å²) in [6.45, 7) is 4.24. The van der Waals surface area contributed by atoms with Crippen molar-refractivity contribution < 1.29 is 14.5 Å². The number of ether oxygens (including phenoxy) is 1. The van der Waals surface area contributed by atoms with Crippen LogP contribution in [0.25, 0.3) is 0 Å². The molecule has 1 heterocycles. The van der Waals surface area contributed by atoms with E-state index in [0.717, 1.165) is 11.4 Å². The third-order valence-corrected chi connectivity index (χ3v) is 4.63. The summed E-state index contributed by atoms with van der Waals surface area (Å²) in [5.41, 5.74) is 2.03. The molecule has 0 bridgehead atoms. The summed E-state index contributed by atoms with van der Waals surface area (Å²) in [5, 5.41) is 10.9. The van der Waals surface area contributed by atoms with Gasteiger partial charge in [0.1, 0.15) is 5.75 Å². The second-order valence-electron chi connectivity index (χ2n) is 6.21. The number of benzene rings is 2. The Hall–Kier alpha value is -3.09. The van der Waals surface area contributed by atoms with Crippen LogP contribution in [-0.4, -0.2) is 49.0 Å². The Morgan fingerprint density at radius 3 is 2.42 bits per heavy atom. The van der Waals surface area contributed by atoms with E-state index < -0.39 is 4.92 Å². The van der Waals surface area contributed by atoms with Gasteiger partial charge in [0.05, 0.1) is 17.7 Å². The minimum Gasteiger partial charge on any atom is -0.495 e. The van der Waals surface area contributed by atoms with Gasteiger partial charge in [0, 0.05) is 43.4 Å². The molecule has 1 aliphatic rings. The van der Waals surface area contributed by atoms with Crippen molar-refractivity contribution in [3.8, 4) is 5.75 Å². The molecule has 0 radical (unpaired) electrons. The van der Waals surface area contributed by atoms with Crippen LogP contribution in [0.1, 0.15) is 15.9 Å². The predicted octanol–water partition coefficient (Wildman–Crippen LogP) is 2.87. The maximum absolute atomic E-state index is 12.7. The van der Waals surface area contributed by atoms with Gasteiger partial charge >= 0.3 is 0 Å². The second-order valence-corrected chi connectivity index (χ2v) is 6.21. The van der Waals surface area contributed by atoms with Crippen molar-refractivity contribution in [1.29, 1.82) is 0 Å². The van der Waals surface area contributed by atoms with Crippen molar-refractivity contribution in [3.05, 3.63) is 63.7 Å². The van der Waals surface area contributed by atoms with Gasteiger partial charge in [-0.3, -0.25) is 14.9 Å². The highest BCUT2D eigenvalue weighted by Gasteiger charge is 2.24. The minimum absolute atomic E-state index is 0.0301. The first-order chi connectivity index (χ1) is 12.5. The van der Waals surface area contributed by atoms with E-state index in [2.05, 4.69) is 4.90 Å². The molecule has 1 fully saturated rings. The highest BCUT2D eigenvalue weighted by molar-refractivity contribution is 5.95. The predicted molar refractivity (Wildman–Crippen MR) is 98.9 cm³/mol. The number of nitro groups is 1. The van der Waals surface area contributed by atoms with E-state index in [9.17, 15) is 14.9 Å². The zero-order valence-corrected chi connectivity index (χ0v) is 14.8. The summed E-state index contributed by atoms with van der Waals surface area (Å²) >= 11 is 0. The number of anilines is 1. The van der Waals surface area contributed by atoms with Crippen LogP contribution in [0.3, 0.4) is 0 Å². The van der Waals surface area contributed by atoms with Gasteiger partial charge in [0.25, 0.3) is 11.6 Å². The SMILES string of the molecule is COc1ccccc1N1CCN(C(=O)c2ccc([N+](=O)[O-])c(C)c2)CC1. The fourth-order valence-electron chi connectivity index (χ4n) is 3.22. The molecule has 1 amide bonds. The number of carbonyl (C=O) groups excluding carboxylic acids is 1. The van der Waals surface area contributed by atoms with E-state index in [4.69, 9.17) is 4.74 Å². The molecule has 0 unspecified atom stereocenters. The molecule has 7 nitrogen and oxygen atoms in total. The first kappa shape index (κ1) is 17.7. The average Bonchev–Trinajstić information content (AvgIpc) is 2.67. The molecule has 2 aromatic rings. The molecule has 0 saturated carbocycles. The molecule has 0 spiro atoms. The summed E-state index contributed by atoms with van der Waals surface area (Å²) in [6.07, 6.45) is 0. The van der Waals surface area contributed by atoms with E-state index in [-0.39, 0.29) is 11.6 Å². The maximum atomic E-state index is 12.7. The molecule has 136 valence electrons. The monoisotopic (exact) mass is 355 g/mol. The van der Waals surface area contributed by atoms with Crippen LogP contribution in [0.5, 0.6) is 5.75 Å². The zero-order valence-electron chi connectivity index (χ0n) is 14.8. The standard InChI is InChI=1S/C19H21N3O4/c1-14-13-15(7-8-16(14)22(24)25)19(23)21-11-9-20(10-12-21)17-5-3-4-6-18(17)26-2/h3-8,13H,9-12H2,1-2H3. The number of hydrogen-bond donors (Lipinski definition) is 0. The minimum atomic E-state index is -0.435. The molecule has 26 heavy (non-hydrogen) atoms. The Kier molecular flexibility index (Phi) is 5.06. The quantitative estimate of drug-likeness (QED) is 0.623. The van der Waals surface area contributed by atoms with Crippen LogP contribution < -0.4 is 9.64 Å². The lowest BCUT2D eigenvalue weighted by molar-refractivity contribution is -0.385. The fraction of sp³-hybridized carbons (Fsp3) is 0.316. The van der Waals surface area contributed by atoms with Gasteiger partial charge in [-0.1, -0.05) is 12.1 Å². The number of nitro benzene ring substituents is 1. The van der Waals surface area contributed by atoms with Gasteiger partial charge in [-0.15, -0.1) is 0 Å². The van der Waals surface area contributed by atoms with Gasteiger partial charge in [0.15, 0.2) is 0 Å². The van der Waals surface area contributed by atoms with Crippen molar-refractivity contribution in [2.45, 2.75) is 6.92 Å². The van der Waals surface area contributed by atoms with Crippen LogP contribution >= 0.6 is 0 Å². The highest BCUT2D eigenvalue weighted by atomic mass is 16.6. The maximum Gasteiger partial charge on any atom is 0.272 e. The first-order valence-corrected chi connectivity index (χ1v) is 8.43. The number of para-hydroxylation sites is 2. The van der Waals surface area contributed by atoms with Crippen molar-refractivity contribution in [2.75, 3.05) is 38.2 Å². The van der Waals surface area contributed by atoms with Crippen molar-refractivity contribution in [1.82, 2.24) is 4.90 Å². The lowest BCUT2D eigenvalue weighted by Gasteiger charge is -2.36. The Morgan fingerprint density at radius 1 is 1.12 bits per heavy atom. The summed E-state index contributed by atoms with van der Waals surface area (Å²) in [5.74, 6) is 0.723. The Balaban J connectivity index is 1.69. The average molecular weight is 355 g/mol. The molecule has 2 aromatic carbocycles. The normalized spacial score (nSPS) is 14.2. The van der Waals surface area contributed by atoms with Crippen molar-refractivity contribution in [3.63, 3.8) is 0 Å². The topological polar surface area (TPSA) is 75.9 Å². The summed E-state index contributed by atoms with van der Waals surface area (Å²) in [7, 11) is 1.65. The van der Waals surface area contributed by atoms with E-state index in [0.29, 0.717) is 37.3 Å². The Morgan fingerprint density at radius 2 is 1.81 bits per heavy atom. The number of aryl methyl sites for hydroxylation is 1. The molecular weight excluding hydrogens is 334 g/mol. The number of carbonyl (C=O) groups is 1. The molecule has 3 rings (SSSR count). The number of nitrogens with zero attached hydrogens (tertiary/aromatic N) is 3. The largest absolute Gasteiger partial charge is 0.495 e. The molecule has 1 aliphatic heterocycles. The lowest BCUT2D eigenvalue weighted by Crippen LogP contribution is -2.48. The first-order valence-electron chi connectivity index (χ1n) is 8.43. The number of hydrogen-bond acceptors (Lipinski definition) is 5. The number of piperazine rings is 1. The van der Waals surface area contributed by atoms with E-state index >= 15 is 0 Å². The summed E-state index contributed by atoms with van der Waals surface area (Å²) in [4.78, 5) is 27.2. The number of rotatable bonds is 4. The van der Waals surface area contributed by atoms with Crippen LogP contribution in [-0.2, 0) is 0 Å². The molecular formula is C19H21N3O4. The molecule has 7 heteroatoms. The van der Waals surface area contributed by atoms with Crippen LogP contribution in [0, 0.1) is 17.0 Å². The smallest absolute Gasteiger partial charge is 0.272 e. The number of methoxy groups -OCH3 is 1.